The lowest BCUT2D eigenvalue weighted by Crippen LogP contribution is -2.25. The van der Waals surface area contributed by atoms with Crippen molar-refractivity contribution in [1.82, 2.24) is 4.90 Å². The fourth-order valence-electron chi connectivity index (χ4n) is 1.12. The number of terminal acetylenes is 1. The van der Waals surface area contributed by atoms with Gasteiger partial charge in [0.1, 0.15) is 6.61 Å². The van der Waals surface area contributed by atoms with Crippen LogP contribution < -0.4 is 0 Å². The van der Waals surface area contributed by atoms with Crippen LogP contribution in [0.25, 0.3) is 0 Å². The van der Waals surface area contributed by atoms with E-state index in [9.17, 15) is 4.79 Å². The maximum absolute atomic E-state index is 11.6. The number of methoxy groups -OCH3 is 1. The second kappa shape index (κ2) is 16.7. The Bertz CT molecular complexity index is 854. The third kappa shape index (κ3) is 16.5. The summed E-state index contributed by atoms with van der Waals surface area (Å²) in [5.74, 6) is 29.3. The first kappa shape index (κ1) is 21.3. The van der Waals surface area contributed by atoms with Gasteiger partial charge in [-0.05, 0) is 35.5 Å². The number of carbonyl (C=O) groups excluding carboxylic acids is 1. The highest BCUT2D eigenvalue weighted by Gasteiger charge is 2.03. The van der Waals surface area contributed by atoms with E-state index in [0.717, 1.165) is 0 Å². The van der Waals surface area contributed by atoms with Gasteiger partial charge in [-0.2, -0.15) is 0 Å². The zero-order valence-electron chi connectivity index (χ0n) is 14.1. The monoisotopic (exact) mass is 329 g/mol. The first-order valence-corrected chi connectivity index (χ1v) is 6.96. The van der Waals surface area contributed by atoms with Crippen molar-refractivity contribution < 1.29 is 14.3 Å². The molecule has 0 atom stereocenters. The number of nitrogens with zero attached hydrogens (tertiary/aromatic N) is 1. The number of ether oxygens (including phenoxy) is 2. The molecule has 0 spiro atoms. The molecule has 0 amide bonds. The second-order valence-electron chi connectivity index (χ2n) is 4.07. The Labute approximate surface area is 149 Å². The highest BCUT2D eigenvalue weighted by Crippen LogP contribution is 1.84. The van der Waals surface area contributed by atoms with Crippen molar-refractivity contribution in [3.63, 3.8) is 0 Å². The molecule has 0 unspecified atom stereocenters. The van der Waals surface area contributed by atoms with Gasteiger partial charge in [0, 0.05) is 55.7 Å². The minimum Gasteiger partial charge on any atom is -0.382 e. The fraction of sp³-hybridized carbons (Fsp3) is 0.286. The van der Waals surface area contributed by atoms with Gasteiger partial charge in [0.2, 0.25) is 0 Å². The molecule has 0 N–H and O–H groups in total. The van der Waals surface area contributed by atoms with E-state index >= 15 is 0 Å². The van der Waals surface area contributed by atoms with E-state index in [2.05, 4.69) is 77.1 Å². The summed E-state index contributed by atoms with van der Waals surface area (Å²) in [7, 11) is 3.25. The van der Waals surface area contributed by atoms with Crippen molar-refractivity contribution in [2.75, 3.05) is 40.5 Å². The minimum atomic E-state index is -0.0797. The van der Waals surface area contributed by atoms with E-state index in [-0.39, 0.29) is 18.9 Å². The number of Topliss-reactive ketones (excluding diaryl/α,β-unsaturated/α-hetero) is 1. The fourth-order valence-corrected chi connectivity index (χ4v) is 1.12. The molecule has 4 nitrogen and oxygen atoms in total. The number of hydrogen-bond donors (Lipinski definition) is 0. The standard InChI is InChI=1S/C21H15NO3/c1-4-5-6-7-8-9-10-11-12-13-14-15-16-22(2)19-21(23)20-25-18-17-24-3/h1H,17-20H2,2-3H3. The van der Waals surface area contributed by atoms with E-state index in [4.69, 9.17) is 15.9 Å². The zero-order chi connectivity index (χ0) is 18.6. The Hall–Kier alpha value is -3.69. The zero-order valence-corrected chi connectivity index (χ0v) is 14.1. The second-order valence-corrected chi connectivity index (χ2v) is 4.07. The Balaban J connectivity index is 4.19. The third-order valence-electron chi connectivity index (χ3n) is 2.05. The maximum Gasteiger partial charge on any atom is 0.178 e. The lowest BCUT2D eigenvalue weighted by atomic mass is 10.4. The summed E-state index contributed by atoms with van der Waals surface area (Å²) in [6, 6.07) is 2.70. The van der Waals surface area contributed by atoms with Crippen molar-refractivity contribution in [3.8, 4) is 83.5 Å². The third-order valence-corrected chi connectivity index (χ3v) is 2.05. The first-order valence-electron chi connectivity index (χ1n) is 6.96. The van der Waals surface area contributed by atoms with Crippen LogP contribution in [0.5, 0.6) is 0 Å². The molecule has 0 fully saturated rings. The van der Waals surface area contributed by atoms with Crippen LogP contribution in [0.4, 0.5) is 0 Å². The van der Waals surface area contributed by atoms with Crippen molar-refractivity contribution in [1.29, 1.82) is 0 Å². The van der Waals surface area contributed by atoms with Crippen molar-refractivity contribution in [3.05, 3.63) is 0 Å². The Morgan fingerprint density at radius 1 is 0.880 bits per heavy atom. The molecule has 0 rings (SSSR count). The van der Waals surface area contributed by atoms with Crippen LogP contribution in [0.1, 0.15) is 0 Å². The molecule has 25 heavy (non-hydrogen) atoms. The summed E-state index contributed by atoms with van der Waals surface area (Å²) in [6.07, 6.45) is 4.92. The number of ketones is 1. The number of rotatable bonds is 7. The lowest BCUT2D eigenvalue weighted by Gasteiger charge is -2.09. The molecule has 0 aromatic rings. The van der Waals surface area contributed by atoms with Gasteiger partial charge in [0.25, 0.3) is 0 Å². The van der Waals surface area contributed by atoms with Crippen LogP contribution in [0, 0.1) is 83.5 Å². The molecule has 0 aliphatic heterocycles. The van der Waals surface area contributed by atoms with Gasteiger partial charge in [-0.1, -0.05) is 0 Å². The smallest absolute Gasteiger partial charge is 0.178 e. The van der Waals surface area contributed by atoms with E-state index in [0.29, 0.717) is 13.2 Å². The van der Waals surface area contributed by atoms with Crippen LogP contribution in [0.3, 0.4) is 0 Å². The molecule has 0 aromatic heterocycles. The van der Waals surface area contributed by atoms with E-state index in [1.165, 1.54) is 4.90 Å². The van der Waals surface area contributed by atoms with Crippen LogP contribution in [0.2, 0.25) is 0 Å². The summed E-state index contributed by atoms with van der Waals surface area (Å²) < 4.78 is 9.93. The first-order chi connectivity index (χ1) is 12.2. The van der Waals surface area contributed by atoms with Gasteiger partial charge in [-0.15, -0.1) is 6.42 Å². The summed E-state index contributed by atoms with van der Waals surface area (Å²) in [6.45, 7) is 1.02. The molecule has 0 aliphatic rings. The Morgan fingerprint density at radius 2 is 1.40 bits per heavy atom. The molecular formula is C21H15NO3. The van der Waals surface area contributed by atoms with Crippen LogP contribution in [-0.2, 0) is 14.3 Å². The molecule has 0 saturated heterocycles. The van der Waals surface area contributed by atoms with Crippen LogP contribution in [0.15, 0.2) is 0 Å². The van der Waals surface area contributed by atoms with Crippen molar-refractivity contribution >= 4 is 5.78 Å². The van der Waals surface area contributed by atoms with Gasteiger partial charge >= 0.3 is 0 Å². The van der Waals surface area contributed by atoms with E-state index < -0.39 is 0 Å². The topological polar surface area (TPSA) is 38.8 Å². The average molecular weight is 329 g/mol. The molecule has 0 saturated carbocycles. The van der Waals surface area contributed by atoms with Crippen molar-refractivity contribution in [2.45, 2.75) is 0 Å². The predicted molar refractivity (Wildman–Crippen MR) is 95.8 cm³/mol. The molecule has 122 valence electrons. The predicted octanol–water partition coefficient (Wildman–Crippen LogP) is -0.239. The highest BCUT2D eigenvalue weighted by molar-refractivity contribution is 5.81. The maximum atomic E-state index is 11.6. The van der Waals surface area contributed by atoms with Crippen LogP contribution >= 0.6 is 0 Å². The van der Waals surface area contributed by atoms with Gasteiger partial charge < -0.3 is 14.4 Å². The van der Waals surface area contributed by atoms with Gasteiger partial charge in [0.15, 0.2) is 5.78 Å². The van der Waals surface area contributed by atoms with Crippen LogP contribution in [-0.4, -0.2) is 51.2 Å². The average Bonchev–Trinajstić information content (AvgIpc) is 2.59. The summed E-state index contributed by atoms with van der Waals surface area (Å²) >= 11 is 0. The lowest BCUT2D eigenvalue weighted by molar-refractivity contribution is -0.124. The summed E-state index contributed by atoms with van der Waals surface area (Å²) in [4.78, 5) is 13.1. The number of hydrogen-bond acceptors (Lipinski definition) is 4. The SMILES string of the molecule is C#CC#CC#CC#CC#CC#CC#CN(C)CC(=O)COCCOC. The van der Waals surface area contributed by atoms with Gasteiger partial charge in [-0.3, -0.25) is 4.79 Å². The quantitative estimate of drug-likeness (QED) is 0.367. The molecule has 0 heterocycles. The highest BCUT2D eigenvalue weighted by atomic mass is 16.5. The molecule has 4 heteroatoms. The Kier molecular flexibility index (Phi) is 14.2. The normalized spacial score (nSPS) is 6.76. The molecule has 0 radical (unpaired) electrons. The minimum absolute atomic E-state index is 0.0302. The number of carbonyl (C=O) groups is 1. The largest absolute Gasteiger partial charge is 0.382 e. The van der Waals surface area contributed by atoms with E-state index in [1.54, 1.807) is 14.2 Å². The van der Waals surface area contributed by atoms with Gasteiger partial charge in [0.05, 0.1) is 19.8 Å². The summed E-state index contributed by atoms with van der Waals surface area (Å²) in [5.41, 5.74) is 0. The number of likely N-dealkylation sites (N-methyl/N-ethyl adjacent to an activating group) is 1. The Morgan fingerprint density at radius 3 is 1.92 bits per heavy atom. The molecule has 0 aromatic carbocycles. The van der Waals surface area contributed by atoms with Gasteiger partial charge in [-0.25, -0.2) is 0 Å². The molecule has 0 bridgehead atoms. The summed E-state index contributed by atoms with van der Waals surface area (Å²) in [5, 5.41) is 0. The molecule has 0 aliphatic carbocycles. The van der Waals surface area contributed by atoms with Crippen molar-refractivity contribution in [2.24, 2.45) is 0 Å². The van der Waals surface area contributed by atoms with E-state index in [1.807, 2.05) is 0 Å². The molecular weight excluding hydrogens is 314 g/mol.